The van der Waals surface area contributed by atoms with Gasteiger partial charge in [-0.25, -0.2) is 33.3 Å². The van der Waals surface area contributed by atoms with E-state index in [2.05, 4.69) is 144 Å². The SMILES string of the molecule is CC(C)(C)c1cc(C2CC2)cc2c(N)cc(C(=O)NCc3ccccn3)nc12.COC1CC[C@H](CNC(=O)c2cc(C)c3cc(C4CC4)cc(C(F)(F)F)c3n2)C1.Cc1cc(-c2nnc(NCC3OCCO3)o2)nc2c(C(C)(C)C)cc(C3CC3)cc12.Cc1cc(C(F)(F)F)c2nc(-c3nnc(NCC4OCCO4)o3)cc(C)c2c1.Nc1cc(C(=O)NCC2CCCS(=O)(=O)C2)nc2c(C(F)(F)F)cc(OC(F)F)cc12. The van der Waals surface area contributed by atoms with Crippen LogP contribution in [-0.2, 0) is 69.4 Å². The quantitative estimate of drug-likeness (QED) is 0.0292. The number of carbonyl (C=O) groups excluding carboxylic acids is 3. The maximum absolute atomic E-state index is 13.7. The molecule has 4 aliphatic carbocycles. The number of anilines is 4. The highest BCUT2D eigenvalue weighted by Gasteiger charge is 2.41. The van der Waals surface area contributed by atoms with Gasteiger partial charge >= 0.3 is 37.2 Å². The minimum Gasteiger partial charge on any atom is -0.435 e. The zero-order valence-corrected chi connectivity index (χ0v) is 83.0. The number of hydrogen-bond donors (Lipinski definition) is 7. The first-order valence-electron chi connectivity index (χ1n) is 48.2. The molecule has 20 rings (SSSR count). The predicted molar refractivity (Wildman–Crippen MR) is 526 cm³/mol. The van der Waals surface area contributed by atoms with Gasteiger partial charge in [0.25, 0.3) is 29.5 Å². The smallest absolute Gasteiger partial charge is 0.418 e. The van der Waals surface area contributed by atoms with E-state index in [0.29, 0.717) is 151 Å². The number of carbonyl (C=O) groups is 3. The first-order valence-corrected chi connectivity index (χ1v) is 50.0. The highest BCUT2D eigenvalue weighted by Crippen LogP contribution is 2.49. The molecule has 3 amide bonds. The summed E-state index contributed by atoms with van der Waals surface area (Å²) in [6, 6.07) is 30.1. The number of alkyl halides is 11. The van der Waals surface area contributed by atoms with E-state index in [0.717, 1.165) is 78.0 Å². The number of halogens is 11. The number of amides is 3. The first-order chi connectivity index (χ1) is 69.1. The molecular formula is C104H114F11N17O13S. The molecule has 8 aromatic heterocycles. The molecule has 776 valence electrons. The standard InChI is InChI=1S/C23H28N4O3.C23H26N4O.C22H25F3N2O2.C18H18F5N3O4S.C18H17F3N4O3/c1-13-9-18(21-26-27-22(30-21)24-12-19-28-7-8-29-19)25-20-16(13)10-15(14-5-6-14)11-17(20)23(2,3)4;1-23(2,3)18-11-15(14-7-8-14)10-17-19(24)12-20(27-21(17)18)22(28)26-13-16-6-4-5-9-25-16;1-12-7-19(21(28)26-11-13-3-6-16(8-13)29-2)27-20-17(12)9-15(14-4-5-14)10-18(20)22(23,24)25;19-17(20)30-10-4-11-13(24)6-14(26-15(11)12(5-10)18(21,22)23)16(27)25-7-9-2-1-3-31(28,29)8-9;1-9-5-11-10(2)7-13(23-15(11)12(6-9)18(19,20)21)16-24-25-17(28-16)22-8-14-26-3-4-27-14/h9-11,14,19H,5-8,12H2,1-4H3,(H,24,27);4-6,9-12,14H,7-8,13H2,1-3H3,(H2,24,27)(H,26,28);7,9-10,13-14,16H,3-6,8,11H2,1-2H3,(H,26,28);4-6,9,17H,1-3,7-8H2,(H2,24,26)(H,25,27);5-7,14H,3-4,8H2,1-2H3,(H,22,25)/t;;13-,16?;;/m..0../s1. The van der Waals surface area contributed by atoms with Crippen LogP contribution >= 0.6 is 0 Å². The molecule has 3 atom stereocenters. The second kappa shape index (κ2) is 43.6. The number of nitrogens with zero attached hydrogens (tertiary/aromatic N) is 10. The van der Waals surface area contributed by atoms with Crippen molar-refractivity contribution in [1.29, 1.82) is 0 Å². The number of nitrogen functional groups attached to an aromatic ring is 2. The summed E-state index contributed by atoms with van der Waals surface area (Å²) in [6.07, 6.45) is -2.07. The molecule has 7 aliphatic rings. The molecular weight excluding hydrogens is 1940 g/mol. The summed E-state index contributed by atoms with van der Waals surface area (Å²) in [6.45, 7) is 20.9. The number of nitrogens with two attached hydrogens (primary N) is 2. The van der Waals surface area contributed by atoms with Gasteiger partial charge in [0.15, 0.2) is 22.4 Å². The molecule has 30 nitrogen and oxygen atoms in total. The van der Waals surface area contributed by atoms with Crippen molar-refractivity contribution in [2.75, 3.05) is 93.3 Å². The summed E-state index contributed by atoms with van der Waals surface area (Å²) in [7, 11) is -1.51. The van der Waals surface area contributed by atoms with E-state index in [-0.39, 0.29) is 104 Å². The van der Waals surface area contributed by atoms with Gasteiger partial charge in [-0.2, -0.15) is 48.3 Å². The lowest BCUT2D eigenvalue weighted by molar-refractivity contribution is -0.137. The zero-order chi connectivity index (χ0) is 104. The van der Waals surface area contributed by atoms with E-state index >= 15 is 0 Å². The Balaban J connectivity index is 0.000000131. The Kier molecular flexibility index (Phi) is 31.6. The number of aryl methyl sites for hydroxylation is 4. The fourth-order valence-electron chi connectivity index (χ4n) is 18.2. The molecule has 9 N–H and O–H groups in total. The molecule has 13 aromatic rings. The average Bonchev–Trinajstić information content (AvgIpc) is 1.54. The number of sulfone groups is 1. The lowest BCUT2D eigenvalue weighted by atomic mass is 9.83. The van der Waals surface area contributed by atoms with Gasteiger partial charge in [0, 0.05) is 64.7 Å². The van der Waals surface area contributed by atoms with Crippen LogP contribution in [0.5, 0.6) is 5.75 Å². The highest BCUT2D eigenvalue weighted by atomic mass is 32.2. The lowest BCUT2D eigenvalue weighted by Gasteiger charge is -2.23. The molecule has 42 heteroatoms. The number of benzene rings is 5. The Hall–Kier alpha value is -13.0. The minimum atomic E-state index is -4.98. The molecule has 146 heavy (non-hydrogen) atoms. The minimum absolute atomic E-state index is 0.00494. The van der Waals surface area contributed by atoms with Crippen molar-refractivity contribution < 1.29 is 108 Å². The topological polar surface area (TPSA) is 408 Å². The molecule has 0 bridgehead atoms. The number of fused-ring (bicyclic) bond motifs is 5. The van der Waals surface area contributed by atoms with E-state index in [1.54, 1.807) is 64.4 Å². The van der Waals surface area contributed by atoms with Crippen LogP contribution in [0.1, 0.15) is 234 Å². The van der Waals surface area contributed by atoms with E-state index in [1.165, 1.54) is 59.4 Å². The molecule has 3 saturated heterocycles. The van der Waals surface area contributed by atoms with Crippen molar-refractivity contribution in [2.24, 2.45) is 11.8 Å². The lowest BCUT2D eigenvalue weighted by Crippen LogP contribution is -2.36. The summed E-state index contributed by atoms with van der Waals surface area (Å²) in [4.78, 5) is 63.7. The second-order valence-electron chi connectivity index (χ2n) is 39.8. The van der Waals surface area contributed by atoms with Gasteiger partial charge in [-0.1, -0.05) is 69.9 Å². The van der Waals surface area contributed by atoms with Crippen LogP contribution in [0.25, 0.3) is 77.7 Å². The van der Waals surface area contributed by atoms with Crippen LogP contribution in [0.3, 0.4) is 0 Å². The number of ether oxygens (including phenoxy) is 6. The Morgan fingerprint density at radius 3 is 1.35 bits per heavy atom. The molecule has 5 aromatic carbocycles. The van der Waals surface area contributed by atoms with E-state index in [9.17, 15) is 71.1 Å². The third-order valence-electron chi connectivity index (χ3n) is 26.2. The monoisotopic (exact) mass is 2050 g/mol. The van der Waals surface area contributed by atoms with Crippen molar-refractivity contribution in [3.05, 3.63) is 205 Å². The summed E-state index contributed by atoms with van der Waals surface area (Å²) in [5.74, 6) is -0.321. The van der Waals surface area contributed by atoms with Crippen molar-refractivity contribution in [1.82, 2.24) is 66.2 Å². The van der Waals surface area contributed by atoms with Gasteiger partial charge in [0.2, 0.25) is 0 Å². The summed E-state index contributed by atoms with van der Waals surface area (Å²) in [5, 5.41) is 32.9. The Bertz CT molecular complexity index is 7120. The molecule has 0 spiro atoms. The van der Waals surface area contributed by atoms with Crippen molar-refractivity contribution in [3.8, 4) is 28.9 Å². The second-order valence-corrected chi connectivity index (χ2v) is 42.1. The third kappa shape index (κ3) is 26.3. The van der Waals surface area contributed by atoms with Gasteiger partial charge < -0.3 is 75.3 Å². The van der Waals surface area contributed by atoms with Crippen molar-refractivity contribution in [3.63, 3.8) is 0 Å². The van der Waals surface area contributed by atoms with Crippen molar-refractivity contribution in [2.45, 2.75) is 219 Å². The predicted octanol–water partition coefficient (Wildman–Crippen LogP) is 20.6. The Morgan fingerprint density at radius 1 is 0.466 bits per heavy atom. The van der Waals surface area contributed by atoms with Crippen molar-refractivity contribution >= 4 is 105 Å². The van der Waals surface area contributed by atoms with E-state index in [4.69, 9.17) is 54.0 Å². The van der Waals surface area contributed by atoms with Gasteiger partial charge in [-0.15, -0.1) is 10.2 Å². The number of nitrogens with one attached hydrogen (secondary N) is 5. The number of aromatic nitrogens is 10. The van der Waals surface area contributed by atoms with E-state index in [1.807, 2.05) is 24.3 Å². The maximum atomic E-state index is 13.7. The molecule has 3 aliphatic heterocycles. The van der Waals surface area contributed by atoms with E-state index < -0.39 is 86.7 Å². The summed E-state index contributed by atoms with van der Waals surface area (Å²) in [5.41, 5.74) is 20.7. The third-order valence-corrected chi connectivity index (χ3v) is 28.1. The van der Waals surface area contributed by atoms with Crippen LogP contribution in [0.15, 0.2) is 124 Å². The van der Waals surface area contributed by atoms with Gasteiger partial charge in [0.05, 0.1) is 114 Å². The summed E-state index contributed by atoms with van der Waals surface area (Å²) >= 11 is 0. The number of hydrogen-bond acceptors (Lipinski definition) is 27. The molecule has 0 radical (unpaired) electrons. The van der Waals surface area contributed by atoms with Crippen LogP contribution in [0, 0.1) is 39.5 Å². The Labute approximate surface area is 833 Å². The first kappa shape index (κ1) is 106. The largest absolute Gasteiger partial charge is 0.435 e. The number of pyridine rings is 6. The molecule has 4 saturated carbocycles. The van der Waals surface area contributed by atoms with Crippen LogP contribution < -0.4 is 42.8 Å². The normalized spacial score (nSPS) is 17.8. The van der Waals surface area contributed by atoms with Gasteiger partial charge in [-0.05, 0) is 280 Å². The van der Waals surface area contributed by atoms with Gasteiger partial charge in [-0.3, -0.25) is 19.4 Å². The maximum Gasteiger partial charge on any atom is 0.418 e. The highest BCUT2D eigenvalue weighted by molar-refractivity contribution is 7.91. The van der Waals surface area contributed by atoms with Crippen LogP contribution in [0.2, 0.25) is 0 Å². The average molecular weight is 2050 g/mol. The fraction of sp³-hybridized carbons (Fsp3) is 0.452. The van der Waals surface area contributed by atoms with Gasteiger partial charge in [0.1, 0.15) is 34.2 Å². The molecule has 11 heterocycles. The zero-order valence-electron chi connectivity index (χ0n) is 82.2. The molecule has 2 unspecified atom stereocenters. The number of rotatable bonds is 23. The molecule has 7 fully saturated rings. The van der Waals surface area contributed by atoms with Crippen LogP contribution in [-0.4, -0.2) is 173 Å². The number of methoxy groups -OCH3 is 1. The Morgan fingerprint density at radius 2 is 0.890 bits per heavy atom. The fourth-order valence-corrected chi connectivity index (χ4v) is 19.9. The van der Waals surface area contributed by atoms with Crippen LogP contribution in [0.4, 0.5) is 71.7 Å². The summed E-state index contributed by atoms with van der Waals surface area (Å²) < 4.78 is 213.